The Bertz CT molecular complexity index is 658. The molecule has 5 nitrogen and oxygen atoms in total. The minimum Gasteiger partial charge on any atom is -0.462 e. The molecule has 0 saturated heterocycles. The van der Waals surface area contributed by atoms with Crippen LogP contribution in [0.4, 0.5) is 0 Å². The van der Waals surface area contributed by atoms with Gasteiger partial charge in [0.15, 0.2) is 0 Å². The van der Waals surface area contributed by atoms with Crippen LogP contribution >= 0.6 is 23.1 Å². The van der Waals surface area contributed by atoms with Crippen molar-refractivity contribution >= 4 is 39.3 Å². The number of thiophene rings is 1. The van der Waals surface area contributed by atoms with Crippen molar-refractivity contribution in [3.63, 3.8) is 0 Å². The van der Waals surface area contributed by atoms with E-state index in [1.807, 2.05) is 13.8 Å². The Labute approximate surface area is 138 Å². The molecule has 0 aliphatic rings. The maximum Gasteiger partial charge on any atom is 0.319 e. The highest BCUT2D eigenvalue weighted by atomic mass is 32.2. The molecule has 0 fully saturated rings. The van der Waals surface area contributed by atoms with Crippen LogP contribution in [0.3, 0.4) is 0 Å². The Morgan fingerprint density at radius 3 is 2.86 bits per heavy atom. The quantitative estimate of drug-likeness (QED) is 0.333. The van der Waals surface area contributed by atoms with E-state index in [4.69, 9.17) is 9.47 Å². The minimum atomic E-state index is -0.320. The van der Waals surface area contributed by atoms with Gasteiger partial charge in [-0.25, -0.2) is 9.97 Å². The van der Waals surface area contributed by atoms with Crippen molar-refractivity contribution in [2.75, 3.05) is 19.8 Å². The van der Waals surface area contributed by atoms with Crippen molar-refractivity contribution in [1.29, 1.82) is 0 Å². The van der Waals surface area contributed by atoms with Gasteiger partial charge in [0.25, 0.3) is 0 Å². The largest absolute Gasteiger partial charge is 0.462 e. The number of thioether (sulfide) groups is 1. The number of carbonyl (C=O) groups is 1. The van der Waals surface area contributed by atoms with Crippen molar-refractivity contribution in [1.82, 2.24) is 9.97 Å². The monoisotopic (exact) mass is 340 g/mol. The summed E-state index contributed by atoms with van der Waals surface area (Å²) in [5.74, 6) is -0.249. The summed E-state index contributed by atoms with van der Waals surface area (Å²) in [6, 6.07) is 0. The molecule has 120 valence electrons. The molecule has 2 aromatic heterocycles. The molecular weight excluding hydrogens is 320 g/mol. The first kappa shape index (κ1) is 17.2. The average Bonchev–Trinajstić information content (AvgIpc) is 2.79. The summed E-state index contributed by atoms with van der Waals surface area (Å²) in [5.41, 5.74) is 1.18. The third-order valence-corrected chi connectivity index (χ3v) is 5.42. The molecule has 0 N–H and O–H groups in total. The molecule has 22 heavy (non-hydrogen) atoms. The van der Waals surface area contributed by atoms with Gasteiger partial charge in [0, 0.05) is 16.9 Å². The summed E-state index contributed by atoms with van der Waals surface area (Å²) < 4.78 is 10.4. The molecule has 1 atom stereocenters. The number of hydrogen-bond donors (Lipinski definition) is 0. The van der Waals surface area contributed by atoms with Crippen LogP contribution in [0.2, 0.25) is 0 Å². The molecule has 0 saturated carbocycles. The first-order valence-corrected chi connectivity index (χ1v) is 8.86. The topological polar surface area (TPSA) is 61.3 Å². The smallest absolute Gasteiger partial charge is 0.319 e. The normalized spacial score (nSPS) is 12.5. The van der Waals surface area contributed by atoms with E-state index in [1.54, 1.807) is 17.7 Å². The van der Waals surface area contributed by atoms with Crippen LogP contribution in [0.25, 0.3) is 10.2 Å². The molecule has 7 heteroatoms. The van der Waals surface area contributed by atoms with Gasteiger partial charge in [0.05, 0.1) is 6.61 Å². The van der Waals surface area contributed by atoms with Gasteiger partial charge in [-0.1, -0.05) is 11.8 Å². The van der Waals surface area contributed by atoms with E-state index in [9.17, 15) is 4.79 Å². The molecule has 0 amide bonds. The number of hydrogen-bond acceptors (Lipinski definition) is 7. The first-order valence-electron chi connectivity index (χ1n) is 7.16. The maximum atomic E-state index is 12.0. The molecule has 2 heterocycles. The third kappa shape index (κ3) is 3.97. The highest BCUT2D eigenvalue weighted by Crippen LogP contribution is 2.35. The summed E-state index contributed by atoms with van der Waals surface area (Å²) in [5, 5.41) is 1.56. The average molecular weight is 340 g/mol. The lowest BCUT2D eigenvalue weighted by atomic mass is 10.2. The fourth-order valence-corrected chi connectivity index (χ4v) is 3.95. The second kappa shape index (κ2) is 7.89. The van der Waals surface area contributed by atoms with Crippen molar-refractivity contribution in [2.24, 2.45) is 0 Å². The molecule has 0 unspecified atom stereocenters. The zero-order valence-electron chi connectivity index (χ0n) is 13.2. The van der Waals surface area contributed by atoms with Crippen LogP contribution in [0.15, 0.2) is 11.4 Å². The van der Waals surface area contributed by atoms with Gasteiger partial charge in [0.2, 0.25) is 0 Å². The van der Waals surface area contributed by atoms with Crippen LogP contribution in [-0.2, 0) is 14.3 Å². The number of rotatable bonds is 7. The Morgan fingerprint density at radius 2 is 2.14 bits per heavy atom. The number of carbonyl (C=O) groups excluding carboxylic acids is 1. The number of esters is 1. The minimum absolute atomic E-state index is 0.249. The Kier molecular flexibility index (Phi) is 6.16. The Morgan fingerprint density at radius 1 is 1.36 bits per heavy atom. The summed E-state index contributed by atoms with van der Waals surface area (Å²) in [4.78, 5) is 22.8. The lowest BCUT2D eigenvalue weighted by Crippen LogP contribution is -2.19. The van der Waals surface area contributed by atoms with Crippen molar-refractivity contribution < 1.29 is 14.3 Å². The summed E-state index contributed by atoms with van der Waals surface area (Å²) in [7, 11) is 0. The van der Waals surface area contributed by atoms with Gasteiger partial charge in [0.1, 0.15) is 28.0 Å². The maximum absolute atomic E-state index is 12.0. The molecule has 0 aliphatic carbocycles. The molecule has 0 aliphatic heterocycles. The van der Waals surface area contributed by atoms with Crippen molar-refractivity contribution in [3.8, 4) is 0 Å². The second-order valence-corrected chi connectivity index (χ2v) is 7.30. The fraction of sp³-hybridized carbons (Fsp3) is 0.533. The van der Waals surface area contributed by atoms with Crippen LogP contribution in [0, 0.1) is 13.8 Å². The van der Waals surface area contributed by atoms with E-state index in [2.05, 4.69) is 23.8 Å². The standard InChI is InChI=1S/C15H20N2O3S2/c1-5-19-6-7-20-15(18)11(4)22-14-12-9(2)10(3)21-13(12)16-8-17-14/h8,11H,5-7H2,1-4H3/t11-/m1/s1. The SMILES string of the molecule is CCOCCOC(=O)[C@@H](C)Sc1ncnc2sc(C)c(C)c12. The summed E-state index contributed by atoms with van der Waals surface area (Å²) in [6.45, 7) is 9.21. The third-order valence-electron chi connectivity index (χ3n) is 3.23. The number of aromatic nitrogens is 2. The van der Waals surface area contributed by atoms with E-state index >= 15 is 0 Å². The molecule has 0 spiro atoms. The van der Waals surface area contributed by atoms with Gasteiger partial charge in [-0.05, 0) is 33.3 Å². The molecule has 0 aromatic carbocycles. The van der Waals surface area contributed by atoms with E-state index in [-0.39, 0.29) is 17.8 Å². The van der Waals surface area contributed by atoms with E-state index < -0.39 is 0 Å². The number of ether oxygens (including phenoxy) is 2. The first-order chi connectivity index (χ1) is 10.5. The van der Waals surface area contributed by atoms with E-state index in [0.717, 1.165) is 15.2 Å². The van der Waals surface area contributed by atoms with Crippen LogP contribution < -0.4 is 0 Å². The lowest BCUT2D eigenvalue weighted by Gasteiger charge is -2.11. The van der Waals surface area contributed by atoms with Crippen LogP contribution in [0.1, 0.15) is 24.3 Å². The number of nitrogens with zero attached hydrogens (tertiary/aromatic N) is 2. The molecule has 2 rings (SSSR count). The molecule has 0 bridgehead atoms. The van der Waals surface area contributed by atoms with E-state index in [1.165, 1.54) is 22.2 Å². The molecular formula is C15H20N2O3S2. The van der Waals surface area contributed by atoms with Crippen molar-refractivity contribution in [2.45, 2.75) is 38.0 Å². The van der Waals surface area contributed by atoms with Gasteiger partial charge in [-0.3, -0.25) is 4.79 Å². The zero-order valence-corrected chi connectivity index (χ0v) is 14.8. The predicted molar refractivity (Wildman–Crippen MR) is 89.7 cm³/mol. The van der Waals surface area contributed by atoms with E-state index in [0.29, 0.717) is 13.2 Å². The summed E-state index contributed by atoms with van der Waals surface area (Å²) in [6.07, 6.45) is 1.55. The number of fused-ring (bicyclic) bond motifs is 1. The fourth-order valence-electron chi connectivity index (χ4n) is 1.92. The van der Waals surface area contributed by atoms with Crippen LogP contribution in [-0.4, -0.2) is 41.0 Å². The second-order valence-electron chi connectivity index (χ2n) is 4.77. The van der Waals surface area contributed by atoms with Crippen LogP contribution in [0.5, 0.6) is 0 Å². The predicted octanol–water partition coefficient (Wildman–Crippen LogP) is 3.37. The molecule has 2 aromatic rings. The Balaban J connectivity index is 2.05. The zero-order chi connectivity index (χ0) is 16.1. The van der Waals surface area contributed by atoms with Gasteiger partial charge in [-0.15, -0.1) is 11.3 Å². The van der Waals surface area contributed by atoms with Gasteiger partial charge < -0.3 is 9.47 Å². The van der Waals surface area contributed by atoms with Gasteiger partial charge in [-0.2, -0.15) is 0 Å². The highest BCUT2D eigenvalue weighted by molar-refractivity contribution is 8.00. The highest BCUT2D eigenvalue weighted by Gasteiger charge is 2.20. The number of aryl methyl sites for hydroxylation is 2. The van der Waals surface area contributed by atoms with Crippen molar-refractivity contribution in [3.05, 3.63) is 16.8 Å². The molecule has 0 radical (unpaired) electrons. The summed E-state index contributed by atoms with van der Waals surface area (Å²) >= 11 is 3.06. The Hall–Kier alpha value is -1.18. The lowest BCUT2D eigenvalue weighted by molar-refractivity contribution is -0.144. The van der Waals surface area contributed by atoms with Gasteiger partial charge >= 0.3 is 5.97 Å².